The van der Waals surface area contributed by atoms with Gasteiger partial charge in [-0.2, -0.15) is 0 Å². The third-order valence-electron chi connectivity index (χ3n) is 2.85. The first-order chi connectivity index (χ1) is 9.58. The normalized spacial score (nSPS) is 12.5. The SMILES string of the molecule is CC(C)(C)OC(=O)NCC=Cc1ccc([Si](C)(C)C)cc1. The topological polar surface area (TPSA) is 38.3 Å². The van der Waals surface area contributed by atoms with E-state index < -0.39 is 13.7 Å². The summed E-state index contributed by atoms with van der Waals surface area (Å²) >= 11 is 0. The molecule has 21 heavy (non-hydrogen) atoms. The second kappa shape index (κ2) is 6.94. The molecule has 1 rings (SSSR count). The van der Waals surface area contributed by atoms with Crippen LogP contribution in [0.3, 0.4) is 0 Å². The zero-order chi connectivity index (χ0) is 16.1. The van der Waals surface area contributed by atoms with Crippen LogP contribution in [0, 0.1) is 0 Å². The van der Waals surface area contributed by atoms with E-state index in [1.807, 2.05) is 32.9 Å². The Kier molecular flexibility index (Phi) is 5.78. The van der Waals surface area contributed by atoms with Gasteiger partial charge in [0.25, 0.3) is 0 Å². The van der Waals surface area contributed by atoms with Gasteiger partial charge >= 0.3 is 6.09 Å². The van der Waals surface area contributed by atoms with Gasteiger partial charge in [-0.25, -0.2) is 4.79 Å². The molecule has 0 atom stereocenters. The van der Waals surface area contributed by atoms with E-state index in [1.54, 1.807) is 0 Å². The predicted octanol–water partition coefficient (Wildman–Crippen LogP) is 3.77. The van der Waals surface area contributed by atoms with Gasteiger partial charge in [0, 0.05) is 6.54 Å². The minimum absolute atomic E-state index is 0.388. The Bertz CT molecular complexity index is 493. The predicted molar refractivity (Wildman–Crippen MR) is 92.7 cm³/mol. The van der Waals surface area contributed by atoms with Crippen molar-refractivity contribution in [2.24, 2.45) is 0 Å². The first kappa shape index (κ1) is 17.5. The molecule has 0 aliphatic rings. The number of ether oxygens (including phenoxy) is 1. The third-order valence-corrected chi connectivity index (χ3v) is 4.92. The lowest BCUT2D eigenvalue weighted by Crippen LogP contribution is -2.37. The fourth-order valence-corrected chi connectivity index (χ4v) is 2.91. The molecule has 4 heteroatoms. The molecule has 1 amide bonds. The van der Waals surface area contributed by atoms with E-state index in [9.17, 15) is 4.79 Å². The molecule has 0 radical (unpaired) electrons. The number of hydrogen-bond acceptors (Lipinski definition) is 2. The summed E-state index contributed by atoms with van der Waals surface area (Å²) in [6.07, 6.45) is 3.54. The van der Waals surface area contributed by atoms with E-state index in [0.717, 1.165) is 5.56 Å². The van der Waals surface area contributed by atoms with Crippen LogP contribution in [0.25, 0.3) is 6.08 Å². The van der Waals surface area contributed by atoms with Crippen LogP contribution in [-0.4, -0.2) is 26.3 Å². The van der Waals surface area contributed by atoms with Crippen molar-refractivity contribution in [1.82, 2.24) is 5.32 Å². The van der Waals surface area contributed by atoms with Crippen molar-refractivity contribution in [3.05, 3.63) is 35.9 Å². The van der Waals surface area contributed by atoms with Crippen LogP contribution in [0.1, 0.15) is 26.3 Å². The first-order valence-corrected chi connectivity index (χ1v) is 10.8. The Balaban J connectivity index is 2.46. The van der Waals surface area contributed by atoms with Crippen LogP contribution in [0.15, 0.2) is 30.3 Å². The maximum Gasteiger partial charge on any atom is 0.407 e. The molecule has 1 N–H and O–H groups in total. The highest BCUT2D eigenvalue weighted by atomic mass is 28.3. The smallest absolute Gasteiger partial charge is 0.407 e. The van der Waals surface area contributed by atoms with Crippen molar-refractivity contribution < 1.29 is 9.53 Å². The number of benzene rings is 1. The van der Waals surface area contributed by atoms with Gasteiger partial charge in [0.1, 0.15) is 5.60 Å². The minimum Gasteiger partial charge on any atom is -0.444 e. The fraction of sp³-hybridized carbons (Fsp3) is 0.471. The Hall–Kier alpha value is -1.55. The number of carbonyl (C=O) groups excluding carboxylic acids is 1. The van der Waals surface area contributed by atoms with Crippen molar-refractivity contribution in [3.8, 4) is 0 Å². The van der Waals surface area contributed by atoms with E-state index in [4.69, 9.17) is 4.74 Å². The van der Waals surface area contributed by atoms with Crippen LogP contribution in [-0.2, 0) is 4.74 Å². The highest BCUT2D eigenvalue weighted by Gasteiger charge is 2.15. The average Bonchev–Trinajstić information content (AvgIpc) is 2.32. The van der Waals surface area contributed by atoms with Gasteiger partial charge in [-0.3, -0.25) is 0 Å². The highest BCUT2D eigenvalue weighted by molar-refractivity contribution is 6.88. The van der Waals surface area contributed by atoms with E-state index in [-0.39, 0.29) is 6.09 Å². The average molecular weight is 305 g/mol. The molecule has 3 nitrogen and oxygen atoms in total. The lowest BCUT2D eigenvalue weighted by atomic mass is 10.2. The van der Waals surface area contributed by atoms with Crippen LogP contribution < -0.4 is 10.5 Å². The number of amides is 1. The Morgan fingerprint density at radius 2 is 1.76 bits per heavy atom. The van der Waals surface area contributed by atoms with Crippen LogP contribution in [0.4, 0.5) is 4.79 Å². The third kappa shape index (κ3) is 7.13. The summed E-state index contributed by atoms with van der Waals surface area (Å²) in [6, 6.07) is 8.65. The maximum atomic E-state index is 11.5. The molecule has 1 aromatic rings. The monoisotopic (exact) mass is 305 g/mol. The molecular weight excluding hydrogens is 278 g/mol. The standard InChI is InChI=1S/C17H27NO2Si/c1-17(2,3)20-16(19)18-13-7-8-14-9-11-15(12-10-14)21(4,5)6/h7-12H,13H2,1-6H3,(H,18,19). The summed E-state index contributed by atoms with van der Waals surface area (Å²) in [4.78, 5) is 11.5. The van der Waals surface area contributed by atoms with Crippen molar-refractivity contribution in [3.63, 3.8) is 0 Å². The second-order valence-corrected chi connectivity index (χ2v) is 12.2. The van der Waals surface area contributed by atoms with E-state index in [2.05, 4.69) is 49.2 Å². The molecule has 0 saturated carbocycles. The summed E-state index contributed by atoms with van der Waals surface area (Å²) in [7, 11) is -1.23. The van der Waals surface area contributed by atoms with Gasteiger partial charge in [0.2, 0.25) is 0 Å². The van der Waals surface area contributed by atoms with Crippen LogP contribution in [0.5, 0.6) is 0 Å². The summed E-state index contributed by atoms with van der Waals surface area (Å²) in [5, 5.41) is 4.15. The first-order valence-electron chi connectivity index (χ1n) is 7.32. The minimum atomic E-state index is -1.23. The van der Waals surface area contributed by atoms with Gasteiger partial charge < -0.3 is 10.1 Å². The number of rotatable bonds is 4. The van der Waals surface area contributed by atoms with Gasteiger partial charge in [-0.15, -0.1) is 0 Å². The summed E-state index contributed by atoms with van der Waals surface area (Å²) < 4.78 is 5.16. The molecule has 0 aliphatic heterocycles. The molecular formula is C17H27NO2Si. The molecule has 0 saturated heterocycles. The molecule has 0 bridgehead atoms. The largest absolute Gasteiger partial charge is 0.444 e. The summed E-state index contributed by atoms with van der Waals surface area (Å²) in [5.41, 5.74) is 0.684. The molecule has 116 valence electrons. The number of nitrogens with one attached hydrogen (secondary N) is 1. The van der Waals surface area contributed by atoms with Gasteiger partial charge in [0.15, 0.2) is 0 Å². The van der Waals surface area contributed by atoms with Crippen molar-refractivity contribution in [2.75, 3.05) is 6.54 Å². The number of hydrogen-bond donors (Lipinski definition) is 1. The van der Waals surface area contributed by atoms with Crippen molar-refractivity contribution in [2.45, 2.75) is 46.0 Å². The molecule has 1 aromatic carbocycles. The number of carbonyl (C=O) groups is 1. The molecule has 0 heterocycles. The second-order valence-electron chi connectivity index (χ2n) is 7.16. The van der Waals surface area contributed by atoms with Crippen molar-refractivity contribution >= 4 is 25.4 Å². The summed E-state index contributed by atoms with van der Waals surface area (Å²) in [6.45, 7) is 13.0. The zero-order valence-corrected chi connectivity index (χ0v) is 15.0. The molecule has 0 spiro atoms. The maximum absolute atomic E-state index is 11.5. The lowest BCUT2D eigenvalue weighted by molar-refractivity contribution is 0.0534. The molecule has 0 fully saturated rings. The van der Waals surface area contributed by atoms with E-state index >= 15 is 0 Å². The molecule has 0 aliphatic carbocycles. The fourth-order valence-electron chi connectivity index (χ4n) is 1.75. The molecule has 0 unspecified atom stereocenters. The van der Waals surface area contributed by atoms with E-state index in [0.29, 0.717) is 6.54 Å². The number of alkyl carbamates (subject to hydrolysis) is 1. The zero-order valence-electron chi connectivity index (χ0n) is 14.0. The van der Waals surface area contributed by atoms with Crippen molar-refractivity contribution in [1.29, 1.82) is 0 Å². The summed E-state index contributed by atoms with van der Waals surface area (Å²) in [5.74, 6) is 0. The van der Waals surface area contributed by atoms with Gasteiger partial charge in [0.05, 0.1) is 8.07 Å². The van der Waals surface area contributed by atoms with Crippen LogP contribution in [0.2, 0.25) is 19.6 Å². The Morgan fingerprint density at radius 1 is 1.19 bits per heavy atom. The quantitative estimate of drug-likeness (QED) is 0.860. The Labute approximate surface area is 129 Å². The Morgan fingerprint density at radius 3 is 2.24 bits per heavy atom. The van der Waals surface area contributed by atoms with Gasteiger partial charge in [-0.1, -0.05) is 61.2 Å². The van der Waals surface area contributed by atoms with Crippen LogP contribution >= 0.6 is 0 Å². The lowest BCUT2D eigenvalue weighted by Gasteiger charge is -2.19. The van der Waals surface area contributed by atoms with Gasteiger partial charge in [-0.05, 0) is 26.3 Å². The highest BCUT2D eigenvalue weighted by Crippen LogP contribution is 2.07. The molecule has 0 aromatic heterocycles. The van der Waals surface area contributed by atoms with E-state index in [1.165, 1.54) is 5.19 Å².